The van der Waals surface area contributed by atoms with Gasteiger partial charge in [-0.05, 0) is 18.2 Å². The molecular formula is C15H13N3OS2. The van der Waals surface area contributed by atoms with E-state index in [9.17, 15) is 4.79 Å². The van der Waals surface area contributed by atoms with Gasteiger partial charge in [-0.25, -0.2) is 4.98 Å². The number of nitrogens with one attached hydrogen (secondary N) is 2. The van der Waals surface area contributed by atoms with Crippen molar-refractivity contribution in [2.45, 2.75) is 0 Å². The molecule has 1 amide bonds. The fraction of sp³-hybridized carbons (Fsp3) is 0.0667. The van der Waals surface area contributed by atoms with Crippen LogP contribution in [-0.4, -0.2) is 17.4 Å². The van der Waals surface area contributed by atoms with Gasteiger partial charge in [0.15, 0.2) is 5.13 Å². The molecule has 0 saturated carbocycles. The Kier molecular flexibility index (Phi) is 3.98. The standard InChI is InChI=1S/C15H13N3OS2/c1-2-8-16-13(19)11-9-12-14(20-11)18-15(21-12)17-10-6-4-3-5-7-10/h2-7,9H,1,8H2,(H,16,19)(H,17,18). The van der Waals surface area contributed by atoms with Crippen LogP contribution in [0.5, 0.6) is 0 Å². The summed E-state index contributed by atoms with van der Waals surface area (Å²) in [5.74, 6) is -0.0809. The monoisotopic (exact) mass is 315 g/mol. The normalized spacial score (nSPS) is 10.5. The Bertz CT molecular complexity index is 745. The molecule has 0 atom stereocenters. The molecule has 2 heterocycles. The minimum absolute atomic E-state index is 0.0809. The third-order valence-corrected chi connectivity index (χ3v) is 4.82. The van der Waals surface area contributed by atoms with E-state index in [4.69, 9.17) is 0 Å². The molecule has 0 aliphatic rings. The number of thiophene rings is 1. The Hall–Kier alpha value is -2.18. The zero-order valence-electron chi connectivity index (χ0n) is 11.1. The molecule has 21 heavy (non-hydrogen) atoms. The third kappa shape index (κ3) is 3.12. The predicted molar refractivity (Wildman–Crippen MR) is 89.8 cm³/mol. The number of carbonyl (C=O) groups is 1. The zero-order chi connectivity index (χ0) is 14.7. The second-order valence-corrected chi connectivity index (χ2v) is 6.35. The summed E-state index contributed by atoms with van der Waals surface area (Å²) in [6, 6.07) is 11.8. The van der Waals surface area contributed by atoms with Crippen molar-refractivity contribution in [3.05, 3.63) is 53.9 Å². The van der Waals surface area contributed by atoms with Gasteiger partial charge in [-0.3, -0.25) is 4.79 Å². The summed E-state index contributed by atoms with van der Waals surface area (Å²) in [6.07, 6.45) is 1.66. The largest absolute Gasteiger partial charge is 0.348 e. The van der Waals surface area contributed by atoms with E-state index in [-0.39, 0.29) is 5.91 Å². The van der Waals surface area contributed by atoms with E-state index < -0.39 is 0 Å². The number of thiazole rings is 1. The highest BCUT2D eigenvalue weighted by Crippen LogP contribution is 2.34. The van der Waals surface area contributed by atoms with E-state index in [0.29, 0.717) is 11.4 Å². The number of hydrogen-bond acceptors (Lipinski definition) is 5. The molecule has 0 aliphatic heterocycles. The maximum Gasteiger partial charge on any atom is 0.261 e. The predicted octanol–water partition coefficient (Wildman–Crippen LogP) is 4.02. The van der Waals surface area contributed by atoms with Gasteiger partial charge in [0.05, 0.1) is 9.58 Å². The smallest absolute Gasteiger partial charge is 0.261 e. The molecule has 1 aromatic carbocycles. The molecule has 0 fully saturated rings. The topological polar surface area (TPSA) is 54.0 Å². The quantitative estimate of drug-likeness (QED) is 0.699. The van der Waals surface area contributed by atoms with E-state index in [1.165, 1.54) is 11.3 Å². The number of hydrogen-bond donors (Lipinski definition) is 2. The minimum Gasteiger partial charge on any atom is -0.348 e. The lowest BCUT2D eigenvalue weighted by Gasteiger charge is -2.00. The first-order valence-electron chi connectivity index (χ1n) is 6.38. The van der Waals surface area contributed by atoms with Crippen LogP contribution in [0.25, 0.3) is 9.53 Å². The average molecular weight is 315 g/mol. The van der Waals surface area contributed by atoms with Gasteiger partial charge < -0.3 is 10.6 Å². The van der Waals surface area contributed by atoms with E-state index in [1.54, 1.807) is 17.4 Å². The highest BCUT2D eigenvalue weighted by Gasteiger charge is 2.13. The maximum atomic E-state index is 11.9. The molecule has 0 unspecified atom stereocenters. The fourth-order valence-electron chi connectivity index (χ4n) is 1.80. The Labute approximate surface area is 130 Å². The molecule has 4 nitrogen and oxygen atoms in total. The van der Waals surface area contributed by atoms with Crippen molar-refractivity contribution < 1.29 is 4.79 Å². The van der Waals surface area contributed by atoms with Crippen molar-refractivity contribution in [1.82, 2.24) is 10.3 Å². The van der Waals surface area contributed by atoms with Gasteiger partial charge >= 0.3 is 0 Å². The summed E-state index contributed by atoms with van der Waals surface area (Å²) in [5.41, 5.74) is 1.00. The summed E-state index contributed by atoms with van der Waals surface area (Å²) in [7, 11) is 0. The van der Waals surface area contributed by atoms with Crippen LogP contribution in [-0.2, 0) is 0 Å². The number of amides is 1. The van der Waals surface area contributed by atoms with Crippen molar-refractivity contribution in [2.75, 3.05) is 11.9 Å². The second kappa shape index (κ2) is 6.07. The first-order chi connectivity index (χ1) is 10.3. The molecule has 3 aromatic rings. The van der Waals surface area contributed by atoms with Crippen molar-refractivity contribution in [1.29, 1.82) is 0 Å². The second-order valence-electron chi connectivity index (χ2n) is 4.29. The van der Waals surface area contributed by atoms with Crippen molar-refractivity contribution in [3.63, 3.8) is 0 Å². The van der Waals surface area contributed by atoms with Crippen molar-refractivity contribution in [3.8, 4) is 0 Å². The number of fused-ring (bicyclic) bond motifs is 1. The molecule has 3 rings (SSSR count). The van der Waals surface area contributed by atoms with Crippen LogP contribution in [0.4, 0.5) is 10.8 Å². The van der Waals surface area contributed by atoms with Gasteiger partial charge in [-0.15, -0.1) is 17.9 Å². The van der Waals surface area contributed by atoms with Crippen LogP contribution in [0.1, 0.15) is 9.67 Å². The van der Waals surface area contributed by atoms with Gasteiger partial charge in [0.1, 0.15) is 4.83 Å². The third-order valence-electron chi connectivity index (χ3n) is 2.75. The van der Waals surface area contributed by atoms with Crippen LogP contribution in [0.3, 0.4) is 0 Å². The molecule has 6 heteroatoms. The number of rotatable bonds is 5. The van der Waals surface area contributed by atoms with Crippen LogP contribution in [0.15, 0.2) is 49.1 Å². The number of aromatic nitrogens is 1. The molecule has 106 valence electrons. The Balaban J connectivity index is 1.78. The van der Waals surface area contributed by atoms with E-state index in [0.717, 1.165) is 20.3 Å². The van der Waals surface area contributed by atoms with Crippen molar-refractivity contribution in [2.24, 2.45) is 0 Å². The van der Waals surface area contributed by atoms with Crippen molar-refractivity contribution >= 4 is 48.9 Å². The zero-order valence-corrected chi connectivity index (χ0v) is 12.8. The summed E-state index contributed by atoms with van der Waals surface area (Å²) < 4.78 is 1.02. The summed E-state index contributed by atoms with van der Waals surface area (Å²) >= 11 is 2.94. The average Bonchev–Trinajstić information content (AvgIpc) is 3.04. The van der Waals surface area contributed by atoms with Gasteiger partial charge in [0.2, 0.25) is 0 Å². The SMILES string of the molecule is C=CCNC(=O)c1cc2sc(Nc3ccccc3)nc2s1. The van der Waals surface area contributed by atoms with Crippen LogP contribution in [0.2, 0.25) is 0 Å². The molecule has 0 radical (unpaired) electrons. The first-order valence-corrected chi connectivity index (χ1v) is 8.01. The highest BCUT2D eigenvalue weighted by molar-refractivity contribution is 7.29. The molecule has 2 N–H and O–H groups in total. The number of carbonyl (C=O) groups excluding carboxylic acids is 1. The van der Waals surface area contributed by atoms with Crippen LogP contribution in [0, 0.1) is 0 Å². The number of para-hydroxylation sites is 1. The molecule has 0 aliphatic carbocycles. The van der Waals surface area contributed by atoms with E-state index >= 15 is 0 Å². The summed E-state index contributed by atoms with van der Waals surface area (Å²) in [5, 5.41) is 6.86. The Morgan fingerprint density at radius 2 is 2.10 bits per heavy atom. The molecule has 0 spiro atoms. The maximum absolute atomic E-state index is 11.9. The number of benzene rings is 1. The van der Waals surface area contributed by atoms with E-state index in [2.05, 4.69) is 22.2 Å². The molecular weight excluding hydrogens is 302 g/mol. The first kappa shape index (κ1) is 13.8. The lowest BCUT2D eigenvalue weighted by Crippen LogP contribution is -2.21. The number of nitrogens with zero attached hydrogens (tertiary/aromatic N) is 1. The molecule has 2 aromatic heterocycles. The van der Waals surface area contributed by atoms with Gasteiger partial charge in [-0.2, -0.15) is 0 Å². The summed E-state index contributed by atoms with van der Waals surface area (Å²) in [4.78, 5) is 17.9. The van der Waals surface area contributed by atoms with E-state index in [1.807, 2.05) is 36.4 Å². The number of anilines is 2. The van der Waals surface area contributed by atoms with Crippen LogP contribution >= 0.6 is 22.7 Å². The van der Waals surface area contributed by atoms with Crippen LogP contribution < -0.4 is 10.6 Å². The molecule has 0 saturated heterocycles. The minimum atomic E-state index is -0.0809. The Morgan fingerprint density at radius 3 is 2.81 bits per heavy atom. The fourth-order valence-corrected chi connectivity index (χ4v) is 3.85. The van der Waals surface area contributed by atoms with Gasteiger partial charge in [0, 0.05) is 12.2 Å². The summed E-state index contributed by atoms with van der Waals surface area (Å²) in [6.45, 7) is 4.05. The lowest BCUT2D eigenvalue weighted by molar-refractivity contribution is 0.0962. The van der Waals surface area contributed by atoms with Gasteiger partial charge in [0.25, 0.3) is 5.91 Å². The van der Waals surface area contributed by atoms with Gasteiger partial charge in [-0.1, -0.05) is 35.6 Å². The highest BCUT2D eigenvalue weighted by atomic mass is 32.1. The lowest BCUT2D eigenvalue weighted by atomic mass is 10.3. The molecule has 0 bridgehead atoms. The Morgan fingerprint density at radius 1 is 1.29 bits per heavy atom.